The summed E-state index contributed by atoms with van der Waals surface area (Å²) in [5, 5.41) is 2.59. The summed E-state index contributed by atoms with van der Waals surface area (Å²) in [6, 6.07) is 6.07. The number of oxazole rings is 1. The number of ether oxygens (including phenoxy) is 3. The molecule has 0 aliphatic rings. The van der Waals surface area contributed by atoms with E-state index in [1.165, 1.54) is 13.4 Å². The molecule has 0 bridgehead atoms. The molecule has 1 N–H and O–H groups in total. The average molecular weight is 447 g/mol. The van der Waals surface area contributed by atoms with E-state index in [1.54, 1.807) is 65.8 Å². The minimum absolute atomic E-state index is 0.0677. The third-order valence-electron chi connectivity index (χ3n) is 3.92. The molecule has 0 aliphatic carbocycles. The maximum atomic E-state index is 12.7. The molecule has 32 heavy (non-hydrogen) atoms. The summed E-state index contributed by atoms with van der Waals surface area (Å²) in [4.78, 5) is 40.6. The van der Waals surface area contributed by atoms with Crippen LogP contribution >= 0.6 is 0 Å². The van der Waals surface area contributed by atoms with Crippen molar-refractivity contribution in [3.05, 3.63) is 41.8 Å². The number of carbonyl (C=O) groups excluding carboxylic acids is 3. The number of amides is 1. The molecule has 0 saturated carbocycles. The Hall–Kier alpha value is -3.36. The van der Waals surface area contributed by atoms with Crippen molar-refractivity contribution in [1.82, 2.24) is 10.3 Å². The molecule has 0 saturated heterocycles. The molecule has 174 valence electrons. The Morgan fingerprint density at radius 1 is 1.00 bits per heavy atom. The zero-order valence-corrected chi connectivity index (χ0v) is 19.5. The van der Waals surface area contributed by atoms with Gasteiger partial charge in [0.25, 0.3) is 0 Å². The highest BCUT2D eigenvalue weighted by atomic mass is 16.6. The number of rotatable bonds is 6. The first kappa shape index (κ1) is 24.9. The zero-order chi connectivity index (χ0) is 24.1. The van der Waals surface area contributed by atoms with Gasteiger partial charge in [0.05, 0.1) is 7.11 Å². The smallest absolute Gasteiger partial charge is 0.408 e. The second-order valence-corrected chi connectivity index (χ2v) is 9.16. The van der Waals surface area contributed by atoms with Gasteiger partial charge in [0.15, 0.2) is 5.69 Å². The van der Waals surface area contributed by atoms with Crippen molar-refractivity contribution in [2.75, 3.05) is 7.11 Å². The van der Waals surface area contributed by atoms with Gasteiger partial charge in [-0.15, -0.1) is 0 Å². The fourth-order valence-electron chi connectivity index (χ4n) is 2.64. The van der Waals surface area contributed by atoms with E-state index >= 15 is 0 Å². The Morgan fingerprint density at radius 3 is 2.12 bits per heavy atom. The van der Waals surface area contributed by atoms with Gasteiger partial charge in [0, 0.05) is 12.0 Å². The summed E-state index contributed by atoms with van der Waals surface area (Å²) in [5.41, 5.74) is 0.0526. The third-order valence-corrected chi connectivity index (χ3v) is 3.92. The number of benzene rings is 1. The number of methoxy groups -OCH3 is 1. The fourth-order valence-corrected chi connectivity index (χ4v) is 2.64. The average Bonchev–Trinajstić information content (AvgIpc) is 3.14. The van der Waals surface area contributed by atoms with E-state index in [2.05, 4.69) is 15.0 Å². The molecule has 1 aromatic heterocycles. The van der Waals surface area contributed by atoms with Crippen LogP contribution in [0.2, 0.25) is 0 Å². The van der Waals surface area contributed by atoms with Crippen LogP contribution in [0.15, 0.2) is 34.9 Å². The molecule has 0 unspecified atom stereocenters. The SMILES string of the molecule is COC(=O)c1coc(-c2ccc(C[C@H](NC(=O)OC(C)(C)C)C(=O)OC(C)(C)C)cc2)n1. The first-order valence-corrected chi connectivity index (χ1v) is 10.1. The molecule has 0 spiro atoms. The first-order valence-electron chi connectivity index (χ1n) is 10.1. The molecular weight excluding hydrogens is 416 g/mol. The molecule has 1 amide bonds. The molecule has 0 fully saturated rings. The van der Waals surface area contributed by atoms with Crippen LogP contribution in [0.3, 0.4) is 0 Å². The highest BCUT2D eigenvalue weighted by Gasteiger charge is 2.29. The largest absolute Gasteiger partial charge is 0.464 e. The van der Waals surface area contributed by atoms with Crippen molar-refractivity contribution < 1.29 is 33.0 Å². The van der Waals surface area contributed by atoms with Gasteiger partial charge in [-0.3, -0.25) is 0 Å². The molecule has 0 radical (unpaired) electrons. The normalized spacial score (nSPS) is 12.6. The number of nitrogens with zero attached hydrogens (tertiary/aromatic N) is 1. The Labute approximate surface area is 187 Å². The van der Waals surface area contributed by atoms with Crippen molar-refractivity contribution >= 4 is 18.0 Å². The van der Waals surface area contributed by atoms with Crippen molar-refractivity contribution in [3.63, 3.8) is 0 Å². The van der Waals surface area contributed by atoms with Gasteiger partial charge in [-0.2, -0.15) is 0 Å². The molecule has 0 aliphatic heterocycles. The van der Waals surface area contributed by atoms with Gasteiger partial charge >= 0.3 is 18.0 Å². The minimum atomic E-state index is -0.942. The minimum Gasteiger partial charge on any atom is -0.464 e. The van der Waals surface area contributed by atoms with E-state index in [9.17, 15) is 14.4 Å². The summed E-state index contributed by atoms with van der Waals surface area (Å²) < 4.78 is 20.7. The highest BCUT2D eigenvalue weighted by molar-refractivity contribution is 5.87. The van der Waals surface area contributed by atoms with Gasteiger partial charge in [-0.05, 0) is 59.2 Å². The zero-order valence-electron chi connectivity index (χ0n) is 19.5. The molecular formula is C23H30N2O7. The molecule has 1 aromatic carbocycles. The summed E-state index contributed by atoms with van der Waals surface area (Å²) in [5.74, 6) is -0.902. The second-order valence-electron chi connectivity index (χ2n) is 9.16. The van der Waals surface area contributed by atoms with Crippen LogP contribution in [0.5, 0.6) is 0 Å². The quantitative estimate of drug-likeness (QED) is 0.524. The Balaban J connectivity index is 2.17. The lowest BCUT2D eigenvalue weighted by Gasteiger charge is -2.26. The number of nitrogens with one attached hydrogen (secondary N) is 1. The monoisotopic (exact) mass is 446 g/mol. The number of carbonyl (C=O) groups is 3. The first-order chi connectivity index (χ1) is 14.8. The summed E-state index contributed by atoms with van der Waals surface area (Å²) >= 11 is 0. The van der Waals surface area contributed by atoms with Crippen LogP contribution in [0.25, 0.3) is 11.5 Å². The molecule has 1 heterocycles. The fraction of sp³-hybridized carbons (Fsp3) is 0.478. The molecule has 2 rings (SSSR count). The molecule has 9 nitrogen and oxygen atoms in total. The number of hydrogen-bond donors (Lipinski definition) is 1. The van der Waals surface area contributed by atoms with Crippen LogP contribution in [-0.2, 0) is 25.4 Å². The van der Waals surface area contributed by atoms with Crippen molar-refractivity contribution in [2.45, 2.75) is 65.2 Å². The van der Waals surface area contributed by atoms with E-state index in [4.69, 9.17) is 13.9 Å². The van der Waals surface area contributed by atoms with Crippen LogP contribution in [0, 0.1) is 0 Å². The lowest BCUT2D eigenvalue weighted by molar-refractivity contribution is -0.157. The van der Waals surface area contributed by atoms with Gasteiger partial charge in [-0.25, -0.2) is 19.4 Å². The van der Waals surface area contributed by atoms with Gasteiger partial charge in [0.2, 0.25) is 5.89 Å². The predicted octanol–water partition coefficient (Wildman–Crippen LogP) is 3.91. The molecule has 2 aromatic rings. The number of esters is 2. The van der Waals surface area contributed by atoms with Crippen molar-refractivity contribution in [1.29, 1.82) is 0 Å². The molecule has 9 heteroatoms. The molecule has 1 atom stereocenters. The van der Waals surface area contributed by atoms with Gasteiger partial charge in [-0.1, -0.05) is 12.1 Å². The maximum absolute atomic E-state index is 12.7. The van der Waals surface area contributed by atoms with Crippen LogP contribution in [0.1, 0.15) is 57.6 Å². The lowest BCUT2D eigenvalue weighted by Crippen LogP contribution is -2.47. The number of alkyl carbamates (subject to hydrolysis) is 1. The van der Waals surface area contributed by atoms with E-state index in [-0.39, 0.29) is 18.0 Å². The maximum Gasteiger partial charge on any atom is 0.408 e. The second kappa shape index (κ2) is 9.84. The van der Waals surface area contributed by atoms with Crippen LogP contribution < -0.4 is 5.32 Å². The predicted molar refractivity (Wildman–Crippen MR) is 116 cm³/mol. The lowest BCUT2D eigenvalue weighted by atomic mass is 10.0. The van der Waals surface area contributed by atoms with Gasteiger partial charge in [0.1, 0.15) is 23.5 Å². The topological polar surface area (TPSA) is 117 Å². The third kappa shape index (κ3) is 7.72. The summed E-state index contributed by atoms with van der Waals surface area (Å²) in [7, 11) is 1.26. The van der Waals surface area contributed by atoms with Crippen LogP contribution in [-0.4, -0.2) is 47.4 Å². The van der Waals surface area contributed by atoms with Crippen LogP contribution in [0.4, 0.5) is 4.79 Å². The van der Waals surface area contributed by atoms with E-state index in [1.807, 2.05) is 0 Å². The Kier molecular flexibility index (Phi) is 7.66. The van der Waals surface area contributed by atoms with E-state index in [0.717, 1.165) is 5.56 Å². The van der Waals surface area contributed by atoms with Gasteiger partial charge < -0.3 is 23.9 Å². The Bertz CT molecular complexity index is 950. The van der Waals surface area contributed by atoms with E-state index in [0.29, 0.717) is 5.56 Å². The van der Waals surface area contributed by atoms with E-state index < -0.39 is 35.3 Å². The Morgan fingerprint density at radius 2 is 1.59 bits per heavy atom. The number of hydrogen-bond acceptors (Lipinski definition) is 8. The standard InChI is InChI=1S/C23H30N2O7/c1-22(2,3)31-20(27)16(25-21(28)32-23(4,5)6)12-14-8-10-15(11-9-14)18-24-17(13-30-18)19(26)29-7/h8-11,13,16H,12H2,1-7H3,(H,25,28)/t16-/m0/s1. The van der Waals surface area contributed by atoms with Crippen molar-refractivity contribution in [3.8, 4) is 11.5 Å². The van der Waals surface area contributed by atoms with Crippen molar-refractivity contribution in [2.24, 2.45) is 0 Å². The number of aromatic nitrogens is 1. The summed E-state index contributed by atoms with van der Waals surface area (Å²) in [6.07, 6.45) is 0.700. The highest BCUT2D eigenvalue weighted by Crippen LogP contribution is 2.21. The summed E-state index contributed by atoms with van der Waals surface area (Å²) in [6.45, 7) is 10.5.